The van der Waals surface area contributed by atoms with E-state index in [9.17, 15) is 19.8 Å². The Balaban J connectivity index is 1.42. The van der Waals surface area contributed by atoms with E-state index >= 15 is 0 Å². The summed E-state index contributed by atoms with van der Waals surface area (Å²) in [6.45, 7) is 1.78. The lowest BCUT2D eigenvalue weighted by Crippen LogP contribution is -2.41. The predicted octanol–water partition coefficient (Wildman–Crippen LogP) is 2.04. The van der Waals surface area contributed by atoms with Crippen molar-refractivity contribution >= 4 is 11.9 Å². The molecule has 1 aromatic carbocycles. The average molecular weight is 390 g/mol. The number of carbonyl (C=O) groups is 2. The summed E-state index contributed by atoms with van der Waals surface area (Å²) >= 11 is 0. The number of aryl methyl sites for hydroxylation is 1. The molecule has 2 aliphatic rings. The summed E-state index contributed by atoms with van der Waals surface area (Å²) in [5.41, 5.74) is 0.943. The van der Waals surface area contributed by atoms with E-state index in [1.54, 1.807) is 37.3 Å². The molecule has 0 aliphatic carbocycles. The van der Waals surface area contributed by atoms with Gasteiger partial charge in [0, 0.05) is 18.9 Å². The topological polar surface area (TPSA) is 102 Å². The lowest BCUT2D eigenvalue weighted by atomic mass is 10.0. The molecule has 2 heterocycles. The predicted molar refractivity (Wildman–Crippen MR) is 99.5 cm³/mol. The van der Waals surface area contributed by atoms with Crippen LogP contribution in [0.25, 0.3) is 0 Å². The Morgan fingerprint density at radius 2 is 1.93 bits per heavy atom. The fraction of sp³-hybridized carbons (Fsp3) is 0.524. The zero-order valence-electron chi connectivity index (χ0n) is 15.8. The molecule has 7 heteroatoms. The smallest absolute Gasteiger partial charge is 0.330 e. The van der Waals surface area contributed by atoms with Crippen LogP contribution in [0, 0.1) is 0 Å². The quantitative estimate of drug-likeness (QED) is 0.687. The average Bonchev–Trinajstić information content (AvgIpc) is 3.17. The van der Waals surface area contributed by atoms with Crippen molar-refractivity contribution in [2.75, 3.05) is 0 Å². The number of benzene rings is 1. The number of esters is 2. The van der Waals surface area contributed by atoms with Crippen LogP contribution in [0.4, 0.5) is 0 Å². The van der Waals surface area contributed by atoms with E-state index < -0.39 is 30.4 Å². The maximum atomic E-state index is 12.1. The lowest BCUT2D eigenvalue weighted by molar-refractivity contribution is -0.166. The Hall–Kier alpha value is -2.38. The molecule has 0 amide bonds. The molecule has 152 valence electrons. The third-order valence-corrected chi connectivity index (χ3v) is 5.13. The first kappa shape index (κ1) is 20.4. The minimum atomic E-state index is -0.906. The second-order valence-corrected chi connectivity index (χ2v) is 7.26. The maximum absolute atomic E-state index is 12.1. The summed E-state index contributed by atoms with van der Waals surface area (Å²) < 4.78 is 16.5. The molecule has 7 nitrogen and oxygen atoms in total. The minimum Gasteiger partial charge on any atom is -0.508 e. The molecule has 2 aliphatic heterocycles. The van der Waals surface area contributed by atoms with E-state index in [-0.39, 0.29) is 24.2 Å². The number of rotatable bonds is 7. The number of aliphatic hydroxyl groups is 1. The van der Waals surface area contributed by atoms with Crippen LogP contribution in [0.5, 0.6) is 5.75 Å². The SMILES string of the molecule is CC(OC(=O)CCc1ccc(O)cc1)[C@H]1CC[C@@H](C(O)C2CC=CC(=O)O2)O1. The number of aromatic hydroxyl groups is 1. The molecule has 3 unspecified atom stereocenters. The van der Waals surface area contributed by atoms with Crippen LogP contribution in [0.1, 0.15) is 38.2 Å². The number of hydrogen-bond acceptors (Lipinski definition) is 7. The largest absolute Gasteiger partial charge is 0.508 e. The van der Waals surface area contributed by atoms with Crippen LogP contribution in [0.15, 0.2) is 36.4 Å². The third kappa shape index (κ3) is 5.33. The molecule has 2 N–H and O–H groups in total. The second-order valence-electron chi connectivity index (χ2n) is 7.26. The van der Waals surface area contributed by atoms with Crippen LogP contribution in [0.2, 0.25) is 0 Å². The molecule has 28 heavy (non-hydrogen) atoms. The minimum absolute atomic E-state index is 0.189. The van der Waals surface area contributed by atoms with Gasteiger partial charge in [0.1, 0.15) is 24.1 Å². The number of aliphatic hydroxyl groups excluding tert-OH is 1. The van der Waals surface area contributed by atoms with Crippen LogP contribution in [0.3, 0.4) is 0 Å². The molecular weight excluding hydrogens is 364 g/mol. The highest BCUT2D eigenvalue weighted by Gasteiger charge is 2.39. The van der Waals surface area contributed by atoms with Gasteiger partial charge in [-0.2, -0.15) is 0 Å². The van der Waals surface area contributed by atoms with Crippen molar-refractivity contribution in [3.05, 3.63) is 42.0 Å². The molecular formula is C21H26O7. The molecule has 0 spiro atoms. The van der Waals surface area contributed by atoms with E-state index in [0.29, 0.717) is 25.7 Å². The van der Waals surface area contributed by atoms with Crippen LogP contribution in [-0.2, 0) is 30.2 Å². The van der Waals surface area contributed by atoms with Gasteiger partial charge in [-0.05, 0) is 43.9 Å². The number of carbonyl (C=O) groups excluding carboxylic acids is 2. The molecule has 0 aromatic heterocycles. The Morgan fingerprint density at radius 1 is 1.21 bits per heavy atom. The molecule has 0 bridgehead atoms. The van der Waals surface area contributed by atoms with Crippen molar-refractivity contribution in [1.29, 1.82) is 0 Å². The highest BCUT2D eigenvalue weighted by atomic mass is 16.6. The zero-order valence-corrected chi connectivity index (χ0v) is 15.8. The van der Waals surface area contributed by atoms with Gasteiger partial charge in [-0.15, -0.1) is 0 Å². The van der Waals surface area contributed by atoms with Gasteiger partial charge in [-0.3, -0.25) is 4.79 Å². The van der Waals surface area contributed by atoms with Crippen molar-refractivity contribution in [2.45, 2.75) is 69.5 Å². The monoisotopic (exact) mass is 390 g/mol. The summed E-state index contributed by atoms with van der Waals surface area (Å²) in [7, 11) is 0. The summed E-state index contributed by atoms with van der Waals surface area (Å²) in [5, 5.41) is 19.7. The van der Waals surface area contributed by atoms with Crippen molar-refractivity contribution in [3.63, 3.8) is 0 Å². The van der Waals surface area contributed by atoms with E-state index in [1.165, 1.54) is 6.08 Å². The maximum Gasteiger partial charge on any atom is 0.330 e. The van der Waals surface area contributed by atoms with Crippen LogP contribution < -0.4 is 0 Å². The lowest BCUT2D eigenvalue weighted by Gasteiger charge is -2.28. The molecule has 1 saturated heterocycles. The standard InChI is InChI=1S/C21H26O7/c1-13(26-20(24)12-7-14-5-8-15(22)9-6-14)16-10-11-18(27-16)21(25)17-3-2-4-19(23)28-17/h2,4-6,8-9,13,16-18,21-22,25H,3,7,10-12H2,1H3/t13?,16-,17?,18+,21?/m1/s1. The first-order valence-corrected chi connectivity index (χ1v) is 9.60. The number of phenols is 1. The first-order valence-electron chi connectivity index (χ1n) is 9.60. The molecule has 5 atom stereocenters. The molecule has 3 rings (SSSR count). The third-order valence-electron chi connectivity index (χ3n) is 5.13. The molecule has 0 radical (unpaired) electrons. The number of hydrogen-bond donors (Lipinski definition) is 2. The van der Waals surface area contributed by atoms with Crippen LogP contribution in [-0.4, -0.2) is 52.7 Å². The van der Waals surface area contributed by atoms with Crippen molar-refractivity contribution < 1.29 is 34.0 Å². The van der Waals surface area contributed by atoms with Gasteiger partial charge >= 0.3 is 11.9 Å². The van der Waals surface area contributed by atoms with Gasteiger partial charge in [-0.25, -0.2) is 4.79 Å². The van der Waals surface area contributed by atoms with Gasteiger partial charge in [0.2, 0.25) is 0 Å². The van der Waals surface area contributed by atoms with E-state index in [0.717, 1.165) is 5.56 Å². The van der Waals surface area contributed by atoms with Gasteiger partial charge in [0.25, 0.3) is 0 Å². The van der Waals surface area contributed by atoms with Gasteiger partial charge in [0.15, 0.2) is 0 Å². The molecule has 1 aromatic rings. The van der Waals surface area contributed by atoms with Gasteiger partial charge in [0.05, 0.1) is 12.2 Å². The summed E-state index contributed by atoms with van der Waals surface area (Å²) in [6.07, 6.45) is 2.82. The number of ether oxygens (including phenoxy) is 3. The Labute approximate surface area is 163 Å². The van der Waals surface area contributed by atoms with E-state index in [2.05, 4.69) is 0 Å². The molecule has 1 fully saturated rings. The first-order chi connectivity index (χ1) is 13.4. The fourth-order valence-electron chi connectivity index (χ4n) is 3.52. The number of cyclic esters (lactones) is 1. The zero-order chi connectivity index (χ0) is 20.1. The van der Waals surface area contributed by atoms with E-state index in [4.69, 9.17) is 14.2 Å². The normalized spacial score (nSPS) is 26.5. The fourth-order valence-corrected chi connectivity index (χ4v) is 3.52. The van der Waals surface area contributed by atoms with Gasteiger partial charge < -0.3 is 24.4 Å². The van der Waals surface area contributed by atoms with Crippen LogP contribution >= 0.6 is 0 Å². The highest BCUT2D eigenvalue weighted by molar-refractivity contribution is 5.82. The summed E-state index contributed by atoms with van der Waals surface area (Å²) in [6, 6.07) is 6.71. The van der Waals surface area contributed by atoms with Crippen molar-refractivity contribution in [1.82, 2.24) is 0 Å². The summed E-state index contributed by atoms with van der Waals surface area (Å²) in [4.78, 5) is 23.4. The second kappa shape index (κ2) is 9.21. The number of phenolic OH excluding ortho intramolecular Hbond substituents is 1. The van der Waals surface area contributed by atoms with Crippen molar-refractivity contribution in [3.8, 4) is 5.75 Å². The highest BCUT2D eigenvalue weighted by Crippen LogP contribution is 2.29. The Bertz CT molecular complexity index is 712. The Kier molecular flexibility index (Phi) is 6.70. The van der Waals surface area contributed by atoms with Crippen molar-refractivity contribution in [2.24, 2.45) is 0 Å². The Morgan fingerprint density at radius 3 is 2.64 bits per heavy atom. The van der Waals surface area contributed by atoms with E-state index in [1.807, 2.05) is 0 Å². The molecule has 0 saturated carbocycles. The van der Waals surface area contributed by atoms with Gasteiger partial charge in [-0.1, -0.05) is 18.2 Å². The summed E-state index contributed by atoms with van der Waals surface area (Å²) in [5.74, 6) is -0.589.